The van der Waals surface area contributed by atoms with Crippen LogP contribution in [0.3, 0.4) is 0 Å². The number of aryl methyl sites for hydroxylation is 1. The molecule has 1 N–H and O–H groups in total. The first-order valence-corrected chi connectivity index (χ1v) is 15.3. The zero-order valence-corrected chi connectivity index (χ0v) is 23.9. The molecule has 39 heavy (non-hydrogen) atoms. The van der Waals surface area contributed by atoms with Crippen molar-refractivity contribution in [2.75, 3.05) is 23.7 Å². The van der Waals surface area contributed by atoms with Gasteiger partial charge in [-0.1, -0.05) is 93.1 Å². The molecule has 1 atom stereocenters. The molecule has 0 fully saturated rings. The number of carbonyl (C=O) groups excluding carboxylic acids is 2. The van der Waals surface area contributed by atoms with Gasteiger partial charge in [0.05, 0.1) is 11.9 Å². The summed E-state index contributed by atoms with van der Waals surface area (Å²) in [5.41, 5.74) is 3.24. The molecule has 8 heteroatoms. The molecule has 0 aliphatic rings. The maximum atomic E-state index is 14.0. The smallest absolute Gasteiger partial charge is 0.244 e. The van der Waals surface area contributed by atoms with E-state index in [0.717, 1.165) is 46.5 Å². The Balaban J connectivity index is 2.00. The van der Waals surface area contributed by atoms with E-state index in [9.17, 15) is 18.0 Å². The average Bonchev–Trinajstić information content (AvgIpc) is 2.94. The fraction of sp³-hybridized carbons (Fsp3) is 0.355. The largest absolute Gasteiger partial charge is 0.354 e. The van der Waals surface area contributed by atoms with Crippen LogP contribution in [0.25, 0.3) is 0 Å². The van der Waals surface area contributed by atoms with Crippen LogP contribution in [0.5, 0.6) is 0 Å². The van der Waals surface area contributed by atoms with Gasteiger partial charge in [0, 0.05) is 19.5 Å². The molecular weight excluding hydrogens is 510 g/mol. The van der Waals surface area contributed by atoms with E-state index in [1.165, 1.54) is 4.90 Å². The second kappa shape index (κ2) is 14.5. The van der Waals surface area contributed by atoms with E-state index in [0.29, 0.717) is 18.7 Å². The van der Waals surface area contributed by atoms with Gasteiger partial charge in [-0.3, -0.25) is 13.9 Å². The molecule has 0 bridgehead atoms. The highest BCUT2D eigenvalue weighted by atomic mass is 32.2. The monoisotopic (exact) mass is 549 g/mol. The summed E-state index contributed by atoms with van der Waals surface area (Å²) in [4.78, 5) is 29.1. The molecule has 0 heterocycles. The molecule has 0 aliphatic carbocycles. The fourth-order valence-electron chi connectivity index (χ4n) is 4.35. The van der Waals surface area contributed by atoms with Crippen LogP contribution in [0.2, 0.25) is 0 Å². The number of hydrogen-bond acceptors (Lipinski definition) is 4. The number of benzene rings is 3. The van der Waals surface area contributed by atoms with Crippen LogP contribution in [-0.4, -0.2) is 50.5 Å². The first-order chi connectivity index (χ1) is 18.7. The second-order valence-corrected chi connectivity index (χ2v) is 11.6. The highest BCUT2D eigenvalue weighted by molar-refractivity contribution is 7.92. The SMILES string of the molecule is CCCCNC(=O)C(Cc1ccccc1)N(Cc1ccccc1)C(=O)CN(c1ccc(CC)cc1)S(C)(=O)=O. The van der Waals surface area contributed by atoms with Gasteiger partial charge in [0.15, 0.2) is 0 Å². The van der Waals surface area contributed by atoms with E-state index >= 15 is 0 Å². The Morgan fingerprint density at radius 2 is 1.41 bits per heavy atom. The van der Waals surface area contributed by atoms with Gasteiger partial charge in [0.2, 0.25) is 21.8 Å². The van der Waals surface area contributed by atoms with Crippen molar-refractivity contribution in [2.45, 2.75) is 52.1 Å². The molecule has 0 spiro atoms. The fourth-order valence-corrected chi connectivity index (χ4v) is 5.20. The van der Waals surface area contributed by atoms with Crippen molar-refractivity contribution in [3.63, 3.8) is 0 Å². The minimum absolute atomic E-state index is 0.171. The van der Waals surface area contributed by atoms with Crippen molar-refractivity contribution in [1.29, 1.82) is 0 Å². The number of sulfonamides is 1. The summed E-state index contributed by atoms with van der Waals surface area (Å²) in [7, 11) is -3.78. The van der Waals surface area contributed by atoms with Gasteiger partial charge in [-0.25, -0.2) is 8.42 Å². The summed E-state index contributed by atoms with van der Waals surface area (Å²) in [5, 5.41) is 2.99. The zero-order chi connectivity index (χ0) is 28.3. The van der Waals surface area contributed by atoms with Gasteiger partial charge in [-0.15, -0.1) is 0 Å². The van der Waals surface area contributed by atoms with Crippen LogP contribution in [0.1, 0.15) is 43.4 Å². The molecule has 208 valence electrons. The standard InChI is InChI=1S/C31H39N3O4S/c1-4-6-21-32-31(36)29(22-26-13-9-7-10-14-26)33(23-27-15-11-8-12-16-27)30(35)24-34(39(3,37)38)28-19-17-25(5-2)18-20-28/h7-20,29H,4-6,21-24H2,1-3H3,(H,32,36). The minimum atomic E-state index is -3.78. The second-order valence-electron chi connectivity index (χ2n) is 9.65. The van der Waals surface area contributed by atoms with E-state index in [1.807, 2.05) is 86.6 Å². The number of carbonyl (C=O) groups is 2. The van der Waals surface area contributed by atoms with Crippen molar-refractivity contribution in [3.05, 3.63) is 102 Å². The predicted octanol–water partition coefficient (Wildman–Crippen LogP) is 4.57. The first kappa shape index (κ1) is 29.9. The zero-order valence-electron chi connectivity index (χ0n) is 23.0. The van der Waals surface area contributed by atoms with E-state index in [4.69, 9.17) is 0 Å². The Morgan fingerprint density at radius 3 is 1.95 bits per heavy atom. The summed E-state index contributed by atoms with van der Waals surface area (Å²) in [6, 6.07) is 25.3. The molecule has 7 nitrogen and oxygen atoms in total. The molecule has 0 saturated heterocycles. The van der Waals surface area contributed by atoms with Gasteiger partial charge >= 0.3 is 0 Å². The van der Waals surface area contributed by atoms with Crippen LogP contribution in [-0.2, 0) is 39.0 Å². The van der Waals surface area contributed by atoms with Crippen molar-refractivity contribution in [1.82, 2.24) is 10.2 Å². The molecular formula is C31H39N3O4S. The van der Waals surface area contributed by atoms with Crippen LogP contribution in [0.15, 0.2) is 84.9 Å². The molecule has 0 radical (unpaired) electrons. The molecule has 0 aromatic heterocycles. The highest BCUT2D eigenvalue weighted by Crippen LogP contribution is 2.21. The van der Waals surface area contributed by atoms with Crippen LogP contribution < -0.4 is 9.62 Å². The minimum Gasteiger partial charge on any atom is -0.354 e. The third-order valence-electron chi connectivity index (χ3n) is 6.61. The summed E-state index contributed by atoms with van der Waals surface area (Å²) in [6.45, 7) is 4.33. The molecule has 3 aromatic rings. The molecule has 2 amide bonds. The van der Waals surface area contributed by atoms with E-state index in [1.54, 1.807) is 12.1 Å². The number of amides is 2. The maximum Gasteiger partial charge on any atom is 0.244 e. The lowest BCUT2D eigenvalue weighted by Gasteiger charge is -2.33. The van der Waals surface area contributed by atoms with Crippen LogP contribution >= 0.6 is 0 Å². The highest BCUT2D eigenvalue weighted by Gasteiger charge is 2.32. The van der Waals surface area contributed by atoms with Crippen molar-refractivity contribution >= 4 is 27.5 Å². The average molecular weight is 550 g/mol. The lowest BCUT2D eigenvalue weighted by Crippen LogP contribution is -2.53. The van der Waals surface area contributed by atoms with Crippen LogP contribution in [0.4, 0.5) is 5.69 Å². The molecule has 3 rings (SSSR count). The lowest BCUT2D eigenvalue weighted by atomic mass is 10.0. The Morgan fingerprint density at radius 1 is 0.821 bits per heavy atom. The summed E-state index contributed by atoms with van der Waals surface area (Å²) in [5.74, 6) is -0.704. The Bertz CT molecular complexity index is 1300. The van der Waals surface area contributed by atoms with E-state index in [2.05, 4.69) is 5.32 Å². The number of nitrogens with one attached hydrogen (secondary N) is 1. The third kappa shape index (κ3) is 8.96. The molecule has 0 saturated carbocycles. The quantitative estimate of drug-likeness (QED) is 0.299. The number of nitrogens with zero attached hydrogens (tertiary/aromatic N) is 2. The van der Waals surface area contributed by atoms with Gasteiger partial charge in [-0.05, 0) is 41.7 Å². The van der Waals surface area contributed by atoms with Crippen molar-refractivity contribution in [2.24, 2.45) is 0 Å². The van der Waals surface area contributed by atoms with E-state index < -0.39 is 28.5 Å². The Hall–Kier alpha value is -3.65. The Kier molecular flexibility index (Phi) is 11.1. The van der Waals surface area contributed by atoms with Crippen LogP contribution in [0, 0.1) is 0 Å². The number of rotatable bonds is 14. The number of unbranched alkanes of at least 4 members (excludes halogenated alkanes) is 1. The maximum absolute atomic E-state index is 14.0. The van der Waals surface area contributed by atoms with Gasteiger partial charge < -0.3 is 10.2 Å². The summed E-state index contributed by atoms with van der Waals surface area (Å²) < 4.78 is 26.8. The normalized spacial score (nSPS) is 12.0. The lowest BCUT2D eigenvalue weighted by molar-refractivity contribution is -0.140. The number of hydrogen-bond donors (Lipinski definition) is 1. The number of anilines is 1. The van der Waals surface area contributed by atoms with Gasteiger partial charge in [-0.2, -0.15) is 0 Å². The van der Waals surface area contributed by atoms with Gasteiger partial charge in [0.1, 0.15) is 12.6 Å². The molecule has 3 aromatic carbocycles. The summed E-state index contributed by atoms with van der Waals surface area (Å²) in [6.07, 6.45) is 3.97. The predicted molar refractivity (Wildman–Crippen MR) is 157 cm³/mol. The third-order valence-corrected chi connectivity index (χ3v) is 7.75. The topological polar surface area (TPSA) is 86.8 Å². The van der Waals surface area contributed by atoms with E-state index in [-0.39, 0.29) is 12.5 Å². The van der Waals surface area contributed by atoms with Gasteiger partial charge in [0.25, 0.3) is 0 Å². The Labute approximate surface area is 232 Å². The van der Waals surface area contributed by atoms with Crippen molar-refractivity contribution in [3.8, 4) is 0 Å². The molecule has 1 unspecified atom stereocenters. The summed E-state index contributed by atoms with van der Waals surface area (Å²) >= 11 is 0. The van der Waals surface area contributed by atoms with Crippen molar-refractivity contribution < 1.29 is 18.0 Å². The first-order valence-electron chi connectivity index (χ1n) is 13.4. The molecule has 0 aliphatic heterocycles.